The van der Waals surface area contributed by atoms with Gasteiger partial charge in [-0.15, -0.1) is 0 Å². The Morgan fingerprint density at radius 3 is 2.50 bits per heavy atom. The highest BCUT2D eigenvalue weighted by molar-refractivity contribution is 5.86. The predicted molar refractivity (Wildman–Crippen MR) is 58.4 cm³/mol. The summed E-state index contributed by atoms with van der Waals surface area (Å²) in [4.78, 5) is 22.7. The highest BCUT2D eigenvalue weighted by Gasteiger charge is 2.22. The minimum Gasteiger partial charge on any atom is -0.467 e. The average molecular weight is 222 g/mol. The van der Waals surface area contributed by atoms with Crippen molar-refractivity contribution in [2.75, 3.05) is 13.7 Å². The first-order chi connectivity index (χ1) is 7.69. The summed E-state index contributed by atoms with van der Waals surface area (Å²) in [5.74, 6) is -0.924. The summed E-state index contributed by atoms with van der Waals surface area (Å²) < 4.78 is 4.62. The maximum absolute atomic E-state index is 11.5. The van der Waals surface area contributed by atoms with E-state index in [-0.39, 0.29) is 6.54 Å². The molecule has 3 N–H and O–H groups in total. The van der Waals surface area contributed by atoms with Crippen LogP contribution in [0.1, 0.15) is 11.6 Å². The lowest BCUT2D eigenvalue weighted by Gasteiger charge is -2.16. The molecule has 1 rings (SSSR count). The molecule has 0 saturated heterocycles. The zero-order chi connectivity index (χ0) is 12.0. The van der Waals surface area contributed by atoms with Gasteiger partial charge in [-0.05, 0) is 5.56 Å². The largest absolute Gasteiger partial charge is 0.467 e. The second-order valence-corrected chi connectivity index (χ2v) is 3.14. The summed E-state index contributed by atoms with van der Waals surface area (Å²) in [5, 5.41) is 2.50. The number of methoxy groups -OCH3 is 1. The summed E-state index contributed by atoms with van der Waals surface area (Å²) in [5.41, 5.74) is 5.84. The number of amides is 1. The van der Waals surface area contributed by atoms with E-state index >= 15 is 0 Å². The number of ether oxygens (including phenoxy) is 1. The quantitative estimate of drug-likeness (QED) is 0.701. The van der Waals surface area contributed by atoms with Gasteiger partial charge in [0.25, 0.3) is 0 Å². The number of carbonyl (C=O) groups excluding carboxylic acids is 2. The van der Waals surface area contributed by atoms with Crippen molar-refractivity contribution in [3.05, 3.63) is 35.9 Å². The van der Waals surface area contributed by atoms with Crippen LogP contribution in [0.5, 0.6) is 0 Å². The van der Waals surface area contributed by atoms with Crippen LogP contribution in [0.4, 0.5) is 0 Å². The average Bonchev–Trinajstić information content (AvgIpc) is 2.35. The van der Waals surface area contributed by atoms with Crippen molar-refractivity contribution in [1.82, 2.24) is 5.32 Å². The third-order valence-corrected chi connectivity index (χ3v) is 2.06. The second-order valence-electron chi connectivity index (χ2n) is 3.14. The fraction of sp³-hybridized carbons (Fsp3) is 0.273. The minimum absolute atomic E-state index is 0.166. The van der Waals surface area contributed by atoms with Crippen molar-refractivity contribution in [2.45, 2.75) is 6.04 Å². The SMILES string of the molecule is COC(=O)[C@@H](NC(=O)CN)c1ccccc1. The lowest BCUT2D eigenvalue weighted by atomic mass is 10.1. The van der Waals surface area contributed by atoms with Crippen LogP contribution in [-0.4, -0.2) is 25.5 Å². The van der Waals surface area contributed by atoms with Crippen LogP contribution < -0.4 is 11.1 Å². The van der Waals surface area contributed by atoms with Gasteiger partial charge in [0.05, 0.1) is 13.7 Å². The van der Waals surface area contributed by atoms with Gasteiger partial charge in [-0.2, -0.15) is 0 Å². The number of rotatable bonds is 4. The molecule has 0 spiro atoms. The summed E-state index contributed by atoms with van der Waals surface area (Å²) >= 11 is 0. The Hall–Kier alpha value is -1.88. The Morgan fingerprint density at radius 1 is 1.38 bits per heavy atom. The Morgan fingerprint density at radius 2 is 2.00 bits per heavy atom. The molecule has 0 aliphatic heterocycles. The number of hydrogen-bond donors (Lipinski definition) is 2. The molecule has 1 atom stereocenters. The molecule has 1 aromatic rings. The Labute approximate surface area is 93.6 Å². The maximum Gasteiger partial charge on any atom is 0.333 e. The van der Waals surface area contributed by atoms with E-state index in [1.165, 1.54) is 7.11 Å². The maximum atomic E-state index is 11.5. The van der Waals surface area contributed by atoms with Crippen LogP contribution in [0.25, 0.3) is 0 Å². The fourth-order valence-corrected chi connectivity index (χ4v) is 1.26. The molecule has 5 heteroatoms. The Kier molecular flexibility index (Phi) is 4.47. The van der Waals surface area contributed by atoms with Gasteiger partial charge in [-0.1, -0.05) is 30.3 Å². The van der Waals surface area contributed by atoms with Crippen LogP contribution in [0.3, 0.4) is 0 Å². The van der Waals surface area contributed by atoms with Gasteiger partial charge in [0, 0.05) is 0 Å². The molecule has 0 aliphatic rings. The molecule has 0 fully saturated rings. The van der Waals surface area contributed by atoms with Crippen molar-refractivity contribution in [3.63, 3.8) is 0 Å². The molecule has 0 unspecified atom stereocenters. The van der Waals surface area contributed by atoms with Crippen molar-refractivity contribution in [3.8, 4) is 0 Å². The first kappa shape index (κ1) is 12.2. The Bertz CT molecular complexity index is 365. The smallest absolute Gasteiger partial charge is 0.333 e. The van der Waals surface area contributed by atoms with Crippen molar-refractivity contribution in [1.29, 1.82) is 0 Å². The molecule has 0 bridgehead atoms. The molecule has 5 nitrogen and oxygen atoms in total. The van der Waals surface area contributed by atoms with Gasteiger partial charge in [-0.3, -0.25) is 4.79 Å². The molecule has 16 heavy (non-hydrogen) atoms. The Balaban J connectivity index is 2.88. The van der Waals surface area contributed by atoms with Crippen LogP contribution in [0.2, 0.25) is 0 Å². The van der Waals surface area contributed by atoms with E-state index in [2.05, 4.69) is 10.1 Å². The second kappa shape index (κ2) is 5.87. The fourth-order valence-electron chi connectivity index (χ4n) is 1.26. The summed E-state index contributed by atoms with van der Waals surface area (Å²) in [7, 11) is 1.27. The highest BCUT2D eigenvalue weighted by atomic mass is 16.5. The molecule has 0 aliphatic carbocycles. The monoisotopic (exact) mass is 222 g/mol. The number of benzene rings is 1. The number of hydrogen-bond acceptors (Lipinski definition) is 4. The van der Waals surface area contributed by atoms with E-state index in [4.69, 9.17) is 5.73 Å². The number of nitrogens with two attached hydrogens (primary N) is 1. The van der Waals surface area contributed by atoms with Gasteiger partial charge >= 0.3 is 5.97 Å². The van der Waals surface area contributed by atoms with Crippen molar-refractivity contribution >= 4 is 11.9 Å². The third kappa shape index (κ3) is 3.06. The zero-order valence-electron chi connectivity index (χ0n) is 8.97. The van der Waals surface area contributed by atoms with Gasteiger partial charge in [0.15, 0.2) is 6.04 Å². The molecule has 0 aromatic heterocycles. The van der Waals surface area contributed by atoms with Gasteiger partial charge in [0.2, 0.25) is 5.91 Å². The molecule has 0 radical (unpaired) electrons. The lowest BCUT2D eigenvalue weighted by Crippen LogP contribution is -2.38. The van der Waals surface area contributed by atoms with E-state index in [0.717, 1.165) is 0 Å². The van der Waals surface area contributed by atoms with Crippen LogP contribution in [0.15, 0.2) is 30.3 Å². The van der Waals surface area contributed by atoms with E-state index in [1.807, 2.05) is 6.07 Å². The van der Waals surface area contributed by atoms with E-state index < -0.39 is 17.9 Å². The van der Waals surface area contributed by atoms with Crippen LogP contribution in [-0.2, 0) is 14.3 Å². The van der Waals surface area contributed by atoms with Crippen molar-refractivity contribution < 1.29 is 14.3 Å². The number of esters is 1. The summed E-state index contributed by atoms with van der Waals surface area (Å²) in [6.45, 7) is -0.166. The van der Waals surface area contributed by atoms with E-state index in [0.29, 0.717) is 5.56 Å². The topological polar surface area (TPSA) is 81.4 Å². The lowest BCUT2D eigenvalue weighted by molar-refractivity contribution is -0.145. The van der Waals surface area contributed by atoms with Gasteiger partial charge in [-0.25, -0.2) is 4.79 Å². The minimum atomic E-state index is -0.803. The van der Waals surface area contributed by atoms with Crippen LogP contribution >= 0.6 is 0 Å². The molecular weight excluding hydrogens is 208 g/mol. The van der Waals surface area contributed by atoms with Gasteiger partial charge in [0.1, 0.15) is 0 Å². The third-order valence-electron chi connectivity index (χ3n) is 2.06. The molecule has 0 heterocycles. The normalized spacial score (nSPS) is 11.6. The highest BCUT2D eigenvalue weighted by Crippen LogP contribution is 2.13. The van der Waals surface area contributed by atoms with E-state index in [1.54, 1.807) is 24.3 Å². The first-order valence-corrected chi connectivity index (χ1v) is 4.81. The van der Waals surface area contributed by atoms with Crippen LogP contribution in [0, 0.1) is 0 Å². The summed E-state index contributed by atoms with van der Waals surface area (Å²) in [6.07, 6.45) is 0. The summed E-state index contributed by atoms with van der Waals surface area (Å²) in [6, 6.07) is 8.04. The number of nitrogens with one attached hydrogen (secondary N) is 1. The zero-order valence-corrected chi connectivity index (χ0v) is 8.97. The molecule has 86 valence electrons. The van der Waals surface area contributed by atoms with E-state index in [9.17, 15) is 9.59 Å². The molecular formula is C11H14N2O3. The molecule has 1 amide bonds. The standard InChI is InChI=1S/C11H14N2O3/c1-16-11(15)10(13-9(14)7-12)8-5-3-2-4-6-8/h2-6,10H,7,12H2,1H3,(H,13,14)/t10-/m0/s1. The first-order valence-electron chi connectivity index (χ1n) is 4.81. The van der Waals surface area contributed by atoms with Crippen molar-refractivity contribution in [2.24, 2.45) is 5.73 Å². The predicted octanol–water partition coefficient (Wildman–Crippen LogP) is -0.0244. The van der Waals surface area contributed by atoms with Gasteiger partial charge < -0.3 is 15.8 Å². The number of carbonyl (C=O) groups is 2. The molecule has 0 saturated carbocycles. The molecule has 1 aromatic carbocycles.